The highest BCUT2D eigenvalue weighted by molar-refractivity contribution is 9.10. The molecule has 5 rings (SSSR count). The van der Waals surface area contributed by atoms with Gasteiger partial charge in [0, 0.05) is 4.47 Å². The first kappa shape index (κ1) is 19.4. The number of fused-ring (bicyclic) bond motifs is 3. The summed E-state index contributed by atoms with van der Waals surface area (Å²) in [5.74, 6) is 0.518. The molecule has 2 aromatic carbocycles. The van der Waals surface area contributed by atoms with Gasteiger partial charge >= 0.3 is 0 Å². The molecule has 0 N–H and O–H groups in total. The van der Waals surface area contributed by atoms with Crippen LogP contribution in [0.25, 0.3) is 22.4 Å². The Morgan fingerprint density at radius 3 is 2.77 bits per heavy atom. The standard InChI is InChI=1S/C22H18BrN7O/c1-14-4-3-5-18(10-14)30-21-19(11-25-30)22-26-20(27-29(22)13-24-21)12-31-28-15(2)16-6-8-17(23)9-7-16/h3-11,13H,12H2,1-2H3. The van der Waals surface area contributed by atoms with E-state index in [1.807, 2.05) is 56.3 Å². The number of benzene rings is 2. The zero-order chi connectivity index (χ0) is 21.4. The van der Waals surface area contributed by atoms with Gasteiger partial charge in [0.15, 0.2) is 23.7 Å². The molecule has 0 saturated carbocycles. The second-order valence-electron chi connectivity index (χ2n) is 7.13. The Labute approximate surface area is 186 Å². The number of hydrogen-bond donors (Lipinski definition) is 0. The fourth-order valence-corrected chi connectivity index (χ4v) is 3.57. The minimum absolute atomic E-state index is 0.156. The van der Waals surface area contributed by atoms with Crippen molar-refractivity contribution in [2.75, 3.05) is 0 Å². The fourth-order valence-electron chi connectivity index (χ4n) is 3.31. The molecule has 8 nitrogen and oxygen atoms in total. The molecule has 31 heavy (non-hydrogen) atoms. The van der Waals surface area contributed by atoms with Gasteiger partial charge in [0.1, 0.15) is 6.33 Å². The van der Waals surface area contributed by atoms with E-state index in [1.165, 1.54) is 0 Å². The van der Waals surface area contributed by atoms with Crippen LogP contribution >= 0.6 is 15.9 Å². The summed E-state index contributed by atoms with van der Waals surface area (Å²) in [4.78, 5) is 14.6. The lowest BCUT2D eigenvalue weighted by molar-refractivity contribution is 0.125. The molecule has 0 unspecified atom stereocenters. The first-order valence-electron chi connectivity index (χ1n) is 9.66. The van der Waals surface area contributed by atoms with Crippen LogP contribution in [0.5, 0.6) is 0 Å². The van der Waals surface area contributed by atoms with E-state index in [1.54, 1.807) is 21.7 Å². The summed E-state index contributed by atoms with van der Waals surface area (Å²) in [5, 5.41) is 14.0. The van der Waals surface area contributed by atoms with Gasteiger partial charge in [-0.25, -0.2) is 19.2 Å². The van der Waals surface area contributed by atoms with Crippen LogP contribution < -0.4 is 0 Å². The Hall–Kier alpha value is -3.59. The number of halogens is 1. The summed E-state index contributed by atoms with van der Waals surface area (Å²) in [5.41, 5.74) is 5.27. The van der Waals surface area contributed by atoms with E-state index < -0.39 is 0 Å². The third-order valence-corrected chi connectivity index (χ3v) is 5.38. The molecule has 0 atom stereocenters. The highest BCUT2D eigenvalue weighted by Crippen LogP contribution is 2.20. The molecule has 0 saturated heterocycles. The van der Waals surface area contributed by atoms with E-state index >= 15 is 0 Å². The van der Waals surface area contributed by atoms with E-state index in [-0.39, 0.29) is 6.61 Å². The van der Waals surface area contributed by atoms with Gasteiger partial charge in [-0.3, -0.25) is 0 Å². The van der Waals surface area contributed by atoms with Crippen LogP contribution in [0, 0.1) is 6.92 Å². The average molecular weight is 476 g/mol. The van der Waals surface area contributed by atoms with Crippen LogP contribution in [0.15, 0.2) is 70.7 Å². The molecular formula is C22H18BrN7O. The molecular weight excluding hydrogens is 458 g/mol. The monoisotopic (exact) mass is 475 g/mol. The van der Waals surface area contributed by atoms with Crippen molar-refractivity contribution >= 4 is 38.3 Å². The molecule has 3 heterocycles. The molecule has 0 spiro atoms. The van der Waals surface area contributed by atoms with Crippen molar-refractivity contribution in [2.24, 2.45) is 5.16 Å². The van der Waals surface area contributed by atoms with Crippen molar-refractivity contribution in [2.45, 2.75) is 20.5 Å². The smallest absolute Gasteiger partial charge is 0.192 e. The zero-order valence-corrected chi connectivity index (χ0v) is 18.5. The van der Waals surface area contributed by atoms with E-state index in [0.29, 0.717) is 11.5 Å². The van der Waals surface area contributed by atoms with Crippen LogP contribution in [-0.2, 0) is 11.4 Å². The van der Waals surface area contributed by atoms with Crippen LogP contribution in [0.1, 0.15) is 23.9 Å². The molecule has 0 amide bonds. The maximum Gasteiger partial charge on any atom is 0.192 e. The highest BCUT2D eigenvalue weighted by Gasteiger charge is 2.14. The van der Waals surface area contributed by atoms with Crippen LogP contribution in [0.2, 0.25) is 0 Å². The largest absolute Gasteiger partial charge is 0.387 e. The maximum atomic E-state index is 5.49. The first-order chi connectivity index (χ1) is 15.1. The lowest BCUT2D eigenvalue weighted by Gasteiger charge is -2.03. The number of aromatic nitrogens is 6. The van der Waals surface area contributed by atoms with Crippen LogP contribution in [-0.4, -0.2) is 35.1 Å². The minimum Gasteiger partial charge on any atom is -0.387 e. The number of oxime groups is 1. The molecule has 0 fully saturated rings. The third kappa shape index (κ3) is 3.79. The second kappa shape index (κ2) is 7.92. The van der Waals surface area contributed by atoms with Crippen molar-refractivity contribution in [3.8, 4) is 5.69 Å². The van der Waals surface area contributed by atoms with Gasteiger partial charge in [-0.05, 0) is 49.2 Å². The zero-order valence-electron chi connectivity index (χ0n) is 16.9. The van der Waals surface area contributed by atoms with Gasteiger partial charge in [-0.2, -0.15) is 5.10 Å². The van der Waals surface area contributed by atoms with E-state index in [0.717, 1.165) is 38.0 Å². The van der Waals surface area contributed by atoms with Gasteiger partial charge in [0.05, 0.1) is 23.0 Å². The van der Waals surface area contributed by atoms with Crippen LogP contribution in [0.4, 0.5) is 0 Å². The number of aryl methyl sites for hydroxylation is 1. The van der Waals surface area contributed by atoms with E-state index in [2.05, 4.69) is 47.3 Å². The van der Waals surface area contributed by atoms with Gasteiger partial charge in [-0.15, -0.1) is 5.10 Å². The predicted molar refractivity (Wildman–Crippen MR) is 121 cm³/mol. The van der Waals surface area contributed by atoms with Gasteiger partial charge < -0.3 is 4.84 Å². The first-order valence-corrected chi connectivity index (χ1v) is 10.5. The predicted octanol–water partition coefficient (Wildman–Crippen LogP) is 4.47. The van der Waals surface area contributed by atoms with Crippen molar-refractivity contribution < 1.29 is 4.84 Å². The lowest BCUT2D eigenvalue weighted by atomic mass is 10.1. The summed E-state index contributed by atoms with van der Waals surface area (Å²) in [7, 11) is 0. The van der Waals surface area contributed by atoms with E-state index in [4.69, 9.17) is 4.84 Å². The normalized spacial score (nSPS) is 12.0. The molecule has 0 radical (unpaired) electrons. The Kier molecular flexibility index (Phi) is 4.95. The quantitative estimate of drug-likeness (QED) is 0.276. The van der Waals surface area contributed by atoms with Crippen LogP contribution in [0.3, 0.4) is 0 Å². The van der Waals surface area contributed by atoms with Crippen molar-refractivity contribution in [1.82, 2.24) is 29.4 Å². The summed E-state index contributed by atoms with van der Waals surface area (Å²) >= 11 is 3.43. The third-order valence-electron chi connectivity index (χ3n) is 4.85. The SMILES string of the molecule is CC(=NOCc1nc2c3cnn(-c4cccc(C)c4)c3ncn2n1)c1ccc(Br)cc1. The van der Waals surface area contributed by atoms with Gasteiger partial charge in [-0.1, -0.05) is 45.4 Å². The van der Waals surface area contributed by atoms with E-state index in [9.17, 15) is 0 Å². The molecule has 0 aliphatic heterocycles. The molecule has 5 aromatic rings. The molecule has 0 aliphatic carbocycles. The van der Waals surface area contributed by atoms with Crippen molar-refractivity contribution in [3.63, 3.8) is 0 Å². The number of rotatable bonds is 5. The highest BCUT2D eigenvalue weighted by atomic mass is 79.9. The Balaban J connectivity index is 1.40. The van der Waals surface area contributed by atoms with Gasteiger partial charge in [0.25, 0.3) is 0 Å². The lowest BCUT2D eigenvalue weighted by Crippen LogP contribution is -1.99. The molecule has 9 heteroatoms. The summed E-state index contributed by atoms with van der Waals surface area (Å²) < 4.78 is 4.46. The fraction of sp³-hybridized carbons (Fsp3) is 0.136. The molecule has 154 valence electrons. The van der Waals surface area contributed by atoms with Crippen molar-refractivity contribution in [1.29, 1.82) is 0 Å². The summed E-state index contributed by atoms with van der Waals surface area (Å²) in [6.45, 7) is 4.10. The van der Waals surface area contributed by atoms with Gasteiger partial charge in [0.2, 0.25) is 0 Å². The Bertz CT molecular complexity index is 1420. The number of nitrogens with zero attached hydrogens (tertiary/aromatic N) is 7. The molecule has 0 bridgehead atoms. The summed E-state index contributed by atoms with van der Waals surface area (Å²) in [6.07, 6.45) is 3.40. The maximum absolute atomic E-state index is 5.49. The Morgan fingerprint density at radius 2 is 1.97 bits per heavy atom. The summed E-state index contributed by atoms with van der Waals surface area (Å²) in [6, 6.07) is 16.0. The average Bonchev–Trinajstić information content (AvgIpc) is 3.37. The minimum atomic E-state index is 0.156. The number of hydrogen-bond acceptors (Lipinski definition) is 6. The van der Waals surface area contributed by atoms with Crippen molar-refractivity contribution in [3.05, 3.63) is 82.5 Å². The Morgan fingerprint density at radius 1 is 1.13 bits per heavy atom. The second-order valence-corrected chi connectivity index (χ2v) is 8.05. The topological polar surface area (TPSA) is 82.5 Å². The molecule has 3 aromatic heterocycles. The molecule has 0 aliphatic rings.